The van der Waals surface area contributed by atoms with Gasteiger partial charge in [-0.05, 0) is 34.0 Å². The second-order valence-electron chi connectivity index (χ2n) is 4.38. The van der Waals surface area contributed by atoms with E-state index in [1.165, 1.54) is 21.9 Å². The maximum atomic E-state index is 4.35. The SMILES string of the molecule is C1=C(c2ncccn2)c2cccc3cccc1c23. The van der Waals surface area contributed by atoms with Crippen LogP contribution in [0.2, 0.25) is 0 Å². The molecule has 0 radical (unpaired) electrons. The van der Waals surface area contributed by atoms with Crippen molar-refractivity contribution in [3.63, 3.8) is 0 Å². The Morgan fingerprint density at radius 1 is 0.778 bits per heavy atom. The lowest BCUT2D eigenvalue weighted by molar-refractivity contribution is 1.12. The Bertz CT molecular complexity index is 768. The molecule has 0 fully saturated rings. The molecule has 0 saturated carbocycles. The minimum absolute atomic E-state index is 0.793. The first-order chi connectivity index (χ1) is 8.93. The summed E-state index contributed by atoms with van der Waals surface area (Å²) in [5, 5.41) is 2.58. The second kappa shape index (κ2) is 3.50. The van der Waals surface area contributed by atoms with Crippen LogP contribution in [0.15, 0.2) is 54.9 Å². The van der Waals surface area contributed by atoms with Crippen LogP contribution in [0.3, 0.4) is 0 Å². The fourth-order valence-electron chi connectivity index (χ4n) is 2.57. The van der Waals surface area contributed by atoms with E-state index in [0.717, 1.165) is 11.4 Å². The number of hydrogen-bond acceptors (Lipinski definition) is 2. The van der Waals surface area contributed by atoms with Gasteiger partial charge in [-0.2, -0.15) is 0 Å². The highest BCUT2D eigenvalue weighted by atomic mass is 14.9. The van der Waals surface area contributed by atoms with Crippen LogP contribution in [0, 0.1) is 0 Å². The van der Waals surface area contributed by atoms with Gasteiger partial charge in [0, 0.05) is 18.0 Å². The topological polar surface area (TPSA) is 25.8 Å². The summed E-state index contributed by atoms with van der Waals surface area (Å²) in [7, 11) is 0. The molecular formula is C16H10N2. The van der Waals surface area contributed by atoms with Gasteiger partial charge in [-0.25, -0.2) is 9.97 Å². The number of nitrogens with zero attached hydrogens (tertiary/aromatic N) is 2. The predicted molar refractivity (Wildman–Crippen MR) is 73.0 cm³/mol. The molecule has 0 atom stereocenters. The maximum absolute atomic E-state index is 4.35. The quantitative estimate of drug-likeness (QED) is 0.500. The lowest BCUT2D eigenvalue weighted by Gasteiger charge is -2.04. The summed E-state index contributed by atoms with van der Waals surface area (Å²) in [6.07, 6.45) is 5.74. The van der Waals surface area contributed by atoms with Crippen LogP contribution < -0.4 is 0 Å². The Balaban J connectivity index is 2.04. The number of hydrogen-bond donors (Lipinski definition) is 0. The second-order valence-corrected chi connectivity index (χ2v) is 4.38. The molecule has 2 heteroatoms. The highest BCUT2D eigenvalue weighted by molar-refractivity contribution is 6.11. The monoisotopic (exact) mass is 230 g/mol. The maximum Gasteiger partial charge on any atom is 0.159 e. The van der Waals surface area contributed by atoms with Crippen LogP contribution in [-0.2, 0) is 0 Å². The molecule has 0 amide bonds. The van der Waals surface area contributed by atoms with Gasteiger partial charge in [-0.3, -0.25) is 0 Å². The van der Waals surface area contributed by atoms with Crippen molar-refractivity contribution < 1.29 is 0 Å². The van der Waals surface area contributed by atoms with E-state index in [1.807, 2.05) is 6.07 Å². The van der Waals surface area contributed by atoms with E-state index in [1.54, 1.807) is 12.4 Å². The molecule has 0 aliphatic heterocycles. The van der Waals surface area contributed by atoms with Crippen molar-refractivity contribution in [3.05, 3.63) is 71.8 Å². The molecule has 1 heterocycles. The van der Waals surface area contributed by atoms with Gasteiger partial charge in [0.25, 0.3) is 0 Å². The van der Waals surface area contributed by atoms with Gasteiger partial charge < -0.3 is 0 Å². The first-order valence-electron chi connectivity index (χ1n) is 5.95. The van der Waals surface area contributed by atoms with E-state index < -0.39 is 0 Å². The third kappa shape index (κ3) is 1.23. The highest BCUT2D eigenvalue weighted by Gasteiger charge is 2.18. The van der Waals surface area contributed by atoms with Crippen LogP contribution >= 0.6 is 0 Å². The molecule has 2 nitrogen and oxygen atoms in total. The van der Waals surface area contributed by atoms with Gasteiger partial charge in [0.2, 0.25) is 0 Å². The van der Waals surface area contributed by atoms with Crippen molar-refractivity contribution in [1.82, 2.24) is 9.97 Å². The van der Waals surface area contributed by atoms with Gasteiger partial charge in [0.1, 0.15) is 0 Å². The summed E-state index contributed by atoms with van der Waals surface area (Å²) in [4.78, 5) is 8.70. The highest BCUT2D eigenvalue weighted by Crippen LogP contribution is 2.38. The molecule has 0 bridgehead atoms. The summed E-state index contributed by atoms with van der Waals surface area (Å²) in [5.74, 6) is 0.793. The molecule has 0 saturated heterocycles. The van der Waals surface area contributed by atoms with Crippen LogP contribution in [0.1, 0.15) is 17.0 Å². The Morgan fingerprint density at radius 2 is 1.56 bits per heavy atom. The molecule has 4 rings (SSSR count). The van der Waals surface area contributed by atoms with Crippen LogP contribution in [0.4, 0.5) is 0 Å². The Morgan fingerprint density at radius 3 is 2.39 bits per heavy atom. The third-order valence-electron chi connectivity index (χ3n) is 3.33. The normalized spacial score (nSPS) is 12.8. The van der Waals surface area contributed by atoms with Gasteiger partial charge >= 0.3 is 0 Å². The fourth-order valence-corrected chi connectivity index (χ4v) is 2.57. The molecule has 0 unspecified atom stereocenters. The molecule has 0 spiro atoms. The van der Waals surface area contributed by atoms with Crippen LogP contribution in [-0.4, -0.2) is 9.97 Å². The van der Waals surface area contributed by atoms with Gasteiger partial charge in [0.05, 0.1) is 0 Å². The Hall–Kier alpha value is -2.48. The zero-order valence-corrected chi connectivity index (χ0v) is 9.67. The van der Waals surface area contributed by atoms with Crippen molar-refractivity contribution in [2.24, 2.45) is 0 Å². The van der Waals surface area contributed by atoms with E-state index in [9.17, 15) is 0 Å². The molecule has 3 aromatic rings. The molecule has 84 valence electrons. The number of rotatable bonds is 1. The van der Waals surface area contributed by atoms with Crippen LogP contribution in [0.5, 0.6) is 0 Å². The zero-order chi connectivity index (χ0) is 11.9. The van der Waals surface area contributed by atoms with E-state index in [0.29, 0.717) is 0 Å². The predicted octanol–water partition coefficient (Wildman–Crippen LogP) is 3.53. The molecule has 1 aromatic heterocycles. The fraction of sp³-hybridized carbons (Fsp3) is 0. The standard InChI is InChI=1S/C16H10N2/c1-4-11-5-2-7-13-14(10-12(6-1)15(11)13)16-17-8-3-9-18-16/h1-10H. The van der Waals surface area contributed by atoms with Crippen molar-refractivity contribution in [3.8, 4) is 0 Å². The van der Waals surface area contributed by atoms with E-state index in [4.69, 9.17) is 0 Å². The summed E-state index contributed by atoms with van der Waals surface area (Å²) in [6.45, 7) is 0. The summed E-state index contributed by atoms with van der Waals surface area (Å²) in [6, 6.07) is 14.6. The van der Waals surface area contributed by atoms with Gasteiger partial charge in [0.15, 0.2) is 5.82 Å². The lowest BCUT2D eigenvalue weighted by atomic mass is 10.0. The first-order valence-corrected chi connectivity index (χ1v) is 5.95. The molecule has 1 aliphatic carbocycles. The van der Waals surface area contributed by atoms with Crippen molar-refractivity contribution in [2.75, 3.05) is 0 Å². The largest absolute Gasteiger partial charge is 0.237 e. The summed E-state index contributed by atoms with van der Waals surface area (Å²) < 4.78 is 0. The Labute approximate surface area is 105 Å². The molecule has 0 N–H and O–H groups in total. The van der Waals surface area contributed by atoms with Crippen molar-refractivity contribution >= 4 is 22.4 Å². The molecular weight excluding hydrogens is 220 g/mol. The molecule has 1 aliphatic rings. The zero-order valence-electron chi connectivity index (χ0n) is 9.67. The van der Waals surface area contributed by atoms with Crippen LogP contribution in [0.25, 0.3) is 22.4 Å². The van der Waals surface area contributed by atoms with E-state index in [2.05, 4.69) is 52.4 Å². The van der Waals surface area contributed by atoms with Crippen molar-refractivity contribution in [1.29, 1.82) is 0 Å². The third-order valence-corrected chi connectivity index (χ3v) is 3.33. The minimum Gasteiger partial charge on any atom is -0.237 e. The number of aromatic nitrogens is 2. The average molecular weight is 230 g/mol. The first kappa shape index (κ1) is 9.54. The van der Waals surface area contributed by atoms with Crippen molar-refractivity contribution in [2.45, 2.75) is 0 Å². The summed E-state index contributed by atoms with van der Waals surface area (Å²) in [5.41, 5.74) is 3.60. The van der Waals surface area contributed by atoms with E-state index >= 15 is 0 Å². The van der Waals surface area contributed by atoms with E-state index in [-0.39, 0.29) is 0 Å². The lowest BCUT2D eigenvalue weighted by Crippen LogP contribution is -1.92. The van der Waals surface area contributed by atoms with Gasteiger partial charge in [-0.1, -0.05) is 36.4 Å². The molecule has 2 aromatic carbocycles. The number of benzene rings is 2. The smallest absolute Gasteiger partial charge is 0.159 e. The van der Waals surface area contributed by atoms with Gasteiger partial charge in [-0.15, -0.1) is 0 Å². The summed E-state index contributed by atoms with van der Waals surface area (Å²) >= 11 is 0. The minimum atomic E-state index is 0.793. The average Bonchev–Trinajstić information content (AvgIpc) is 2.82. The Kier molecular flexibility index (Phi) is 1.86. The molecule has 18 heavy (non-hydrogen) atoms.